The van der Waals surface area contributed by atoms with Gasteiger partial charge in [0.25, 0.3) is 0 Å². The quantitative estimate of drug-likeness (QED) is 0.827. The Bertz CT molecular complexity index is 384. The molecule has 0 spiro atoms. The number of hydrogen-bond acceptors (Lipinski definition) is 3. The normalized spacial score (nSPS) is 11.9. The van der Waals surface area contributed by atoms with Crippen LogP contribution in [0.25, 0.3) is 0 Å². The van der Waals surface area contributed by atoms with Crippen molar-refractivity contribution in [3.05, 3.63) is 28.8 Å². The van der Waals surface area contributed by atoms with Gasteiger partial charge in [0.2, 0.25) is 0 Å². The molecule has 0 bridgehead atoms. The van der Waals surface area contributed by atoms with E-state index in [4.69, 9.17) is 16.9 Å². The van der Waals surface area contributed by atoms with Gasteiger partial charge in [0, 0.05) is 6.54 Å². The van der Waals surface area contributed by atoms with Crippen LogP contribution in [0.2, 0.25) is 5.02 Å². The third-order valence-electron chi connectivity index (χ3n) is 2.29. The lowest BCUT2D eigenvalue weighted by Gasteiger charge is -2.13. The first-order valence-electron chi connectivity index (χ1n) is 5.25. The van der Waals surface area contributed by atoms with Gasteiger partial charge < -0.3 is 10.6 Å². The molecule has 3 nitrogen and oxygen atoms in total. The van der Waals surface area contributed by atoms with Gasteiger partial charge in [-0.2, -0.15) is 5.26 Å². The highest BCUT2D eigenvalue weighted by molar-refractivity contribution is 6.33. The van der Waals surface area contributed by atoms with Crippen LogP contribution in [-0.4, -0.2) is 20.1 Å². The van der Waals surface area contributed by atoms with Crippen molar-refractivity contribution < 1.29 is 0 Å². The SMILES string of the molecule is CNCC(C)CNc1ccc(C#N)cc1Cl. The second kappa shape index (κ2) is 6.37. The monoisotopic (exact) mass is 237 g/mol. The van der Waals surface area contributed by atoms with Crippen molar-refractivity contribution >= 4 is 17.3 Å². The predicted octanol–water partition coefficient (Wildman–Crippen LogP) is 2.48. The molecule has 0 aliphatic rings. The van der Waals surface area contributed by atoms with Gasteiger partial charge in [0.05, 0.1) is 22.3 Å². The average Bonchev–Trinajstić information content (AvgIpc) is 2.27. The van der Waals surface area contributed by atoms with Gasteiger partial charge in [-0.05, 0) is 37.7 Å². The zero-order chi connectivity index (χ0) is 12.0. The van der Waals surface area contributed by atoms with Crippen LogP contribution in [0.1, 0.15) is 12.5 Å². The molecule has 86 valence electrons. The highest BCUT2D eigenvalue weighted by Gasteiger charge is 2.04. The zero-order valence-corrected chi connectivity index (χ0v) is 10.3. The number of nitrogens with zero attached hydrogens (tertiary/aromatic N) is 1. The lowest BCUT2D eigenvalue weighted by Crippen LogP contribution is -2.22. The molecule has 0 heterocycles. The van der Waals surface area contributed by atoms with Gasteiger partial charge in [-0.25, -0.2) is 0 Å². The van der Waals surface area contributed by atoms with E-state index in [0.29, 0.717) is 16.5 Å². The van der Waals surface area contributed by atoms with E-state index in [1.807, 2.05) is 13.1 Å². The van der Waals surface area contributed by atoms with E-state index < -0.39 is 0 Å². The van der Waals surface area contributed by atoms with Crippen molar-refractivity contribution in [2.45, 2.75) is 6.92 Å². The Kier molecular flexibility index (Phi) is 5.10. The lowest BCUT2D eigenvalue weighted by molar-refractivity contribution is 0.569. The first-order valence-corrected chi connectivity index (χ1v) is 5.63. The summed E-state index contributed by atoms with van der Waals surface area (Å²) in [6, 6.07) is 7.33. The Morgan fingerprint density at radius 3 is 2.75 bits per heavy atom. The Morgan fingerprint density at radius 1 is 1.44 bits per heavy atom. The molecule has 0 aliphatic carbocycles. The summed E-state index contributed by atoms with van der Waals surface area (Å²) in [5.74, 6) is 0.525. The topological polar surface area (TPSA) is 47.8 Å². The highest BCUT2D eigenvalue weighted by atomic mass is 35.5. The molecular formula is C12H16ClN3. The van der Waals surface area contributed by atoms with Crippen LogP contribution < -0.4 is 10.6 Å². The maximum Gasteiger partial charge on any atom is 0.0992 e. The van der Waals surface area contributed by atoms with Crippen LogP contribution in [0.4, 0.5) is 5.69 Å². The number of halogens is 1. The van der Waals surface area contributed by atoms with Gasteiger partial charge in [-0.1, -0.05) is 18.5 Å². The Labute approximate surface area is 101 Å². The minimum absolute atomic E-state index is 0.525. The van der Waals surface area contributed by atoms with E-state index in [-0.39, 0.29) is 0 Å². The van der Waals surface area contributed by atoms with Crippen molar-refractivity contribution in [2.24, 2.45) is 5.92 Å². The number of benzene rings is 1. The molecule has 16 heavy (non-hydrogen) atoms. The molecule has 1 aromatic rings. The molecule has 1 atom stereocenters. The average molecular weight is 238 g/mol. The van der Waals surface area contributed by atoms with Crippen molar-refractivity contribution in [1.29, 1.82) is 5.26 Å². The van der Waals surface area contributed by atoms with Gasteiger partial charge >= 0.3 is 0 Å². The highest BCUT2D eigenvalue weighted by Crippen LogP contribution is 2.22. The fourth-order valence-corrected chi connectivity index (χ4v) is 1.68. The van der Waals surface area contributed by atoms with Crippen LogP contribution in [0.5, 0.6) is 0 Å². The second-order valence-corrected chi connectivity index (χ2v) is 4.26. The molecule has 0 radical (unpaired) electrons. The molecule has 1 aromatic carbocycles. The Hall–Kier alpha value is -1.24. The van der Waals surface area contributed by atoms with E-state index >= 15 is 0 Å². The summed E-state index contributed by atoms with van der Waals surface area (Å²) < 4.78 is 0. The van der Waals surface area contributed by atoms with Crippen molar-refractivity contribution in [2.75, 3.05) is 25.5 Å². The number of rotatable bonds is 5. The number of anilines is 1. The fraction of sp³-hybridized carbons (Fsp3) is 0.417. The third-order valence-corrected chi connectivity index (χ3v) is 2.60. The standard InChI is InChI=1S/C12H16ClN3/c1-9(7-15-2)8-16-12-4-3-10(6-14)5-11(12)13/h3-5,9,15-16H,7-8H2,1-2H3. The maximum atomic E-state index is 8.70. The summed E-state index contributed by atoms with van der Waals surface area (Å²) in [5.41, 5.74) is 1.46. The molecule has 2 N–H and O–H groups in total. The summed E-state index contributed by atoms with van der Waals surface area (Å²) in [6.07, 6.45) is 0. The van der Waals surface area contributed by atoms with Crippen molar-refractivity contribution in [3.8, 4) is 6.07 Å². The van der Waals surface area contributed by atoms with Crippen LogP contribution in [0.15, 0.2) is 18.2 Å². The van der Waals surface area contributed by atoms with Gasteiger partial charge in [-0.15, -0.1) is 0 Å². The molecule has 0 aromatic heterocycles. The molecular weight excluding hydrogens is 222 g/mol. The molecule has 0 aliphatic heterocycles. The number of nitrogens with one attached hydrogen (secondary N) is 2. The Morgan fingerprint density at radius 2 is 2.19 bits per heavy atom. The number of nitriles is 1. The molecule has 0 saturated carbocycles. The molecule has 4 heteroatoms. The van der Waals surface area contributed by atoms with E-state index in [0.717, 1.165) is 18.8 Å². The van der Waals surface area contributed by atoms with Crippen LogP contribution >= 0.6 is 11.6 Å². The Balaban J connectivity index is 2.58. The van der Waals surface area contributed by atoms with Crippen molar-refractivity contribution in [1.82, 2.24) is 5.32 Å². The van der Waals surface area contributed by atoms with E-state index in [9.17, 15) is 0 Å². The fourth-order valence-electron chi connectivity index (χ4n) is 1.43. The smallest absolute Gasteiger partial charge is 0.0992 e. The summed E-state index contributed by atoms with van der Waals surface area (Å²) in [7, 11) is 1.94. The minimum Gasteiger partial charge on any atom is -0.384 e. The van der Waals surface area contributed by atoms with Gasteiger partial charge in [-0.3, -0.25) is 0 Å². The largest absolute Gasteiger partial charge is 0.384 e. The number of hydrogen-bond donors (Lipinski definition) is 2. The molecule has 0 fully saturated rings. The molecule has 1 unspecified atom stereocenters. The summed E-state index contributed by atoms with van der Waals surface area (Å²) in [4.78, 5) is 0. The van der Waals surface area contributed by atoms with Crippen LogP contribution in [-0.2, 0) is 0 Å². The minimum atomic E-state index is 0.525. The lowest BCUT2D eigenvalue weighted by atomic mass is 10.1. The van der Waals surface area contributed by atoms with E-state index in [1.54, 1.807) is 12.1 Å². The van der Waals surface area contributed by atoms with E-state index in [1.165, 1.54) is 0 Å². The molecule has 1 rings (SSSR count). The third kappa shape index (κ3) is 3.73. The molecule has 0 amide bonds. The first kappa shape index (κ1) is 12.8. The van der Waals surface area contributed by atoms with Gasteiger partial charge in [0.15, 0.2) is 0 Å². The summed E-state index contributed by atoms with van der Waals surface area (Å²) in [6.45, 7) is 3.97. The molecule has 0 saturated heterocycles. The predicted molar refractivity (Wildman–Crippen MR) is 67.7 cm³/mol. The first-order chi connectivity index (χ1) is 7.67. The van der Waals surface area contributed by atoms with Crippen LogP contribution in [0, 0.1) is 17.2 Å². The van der Waals surface area contributed by atoms with Gasteiger partial charge in [0.1, 0.15) is 0 Å². The maximum absolute atomic E-state index is 8.70. The van der Waals surface area contributed by atoms with Crippen molar-refractivity contribution in [3.63, 3.8) is 0 Å². The summed E-state index contributed by atoms with van der Waals surface area (Å²) in [5, 5.41) is 15.7. The second-order valence-electron chi connectivity index (χ2n) is 3.85. The summed E-state index contributed by atoms with van der Waals surface area (Å²) >= 11 is 6.04. The zero-order valence-electron chi connectivity index (χ0n) is 9.55. The van der Waals surface area contributed by atoms with Crippen LogP contribution in [0.3, 0.4) is 0 Å². The van der Waals surface area contributed by atoms with E-state index in [2.05, 4.69) is 23.6 Å².